The number of rotatable bonds is 4. The van der Waals surface area contributed by atoms with Gasteiger partial charge in [-0.2, -0.15) is 0 Å². The van der Waals surface area contributed by atoms with Gasteiger partial charge in [-0.25, -0.2) is 0 Å². The maximum Gasteiger partial charge on any atom is 0.307 e. The van der Waals surface area contributed by atoms with Crippen molar-refractivity contribution in [1.82, 2.24) is 0 Å². The maximum absolute atomic E-state index is 11.0. The molecule has 0 spiro atoms. The van der Waals surface area contributed by atoms with Crippen LogP contribution in [-0.2, 0) is 11.2 Å². The molecule has 0 radical (unpaired) electrons. The minimum absolute atomic E-state index is 0.142. The van der Waals surface area contributed by atoms with Crippen LogP contribution in [0.15, 0.2) is 30.3 Å². The van der Waals surface area contributed by atoms with E-state index in [9.17, 15) is 4.79 Å². The van der Waals surface area contributed by atoms with Crippen molar-refractivity contribution in [2.45, 2.75) is 20.3 Å². The van der Waals surface area contributed by atoms with Crippen LogP contribution >= 0.6 is 23.2 Å². The second kappa shape index (κ2) is 6.37. The van der Waals surface area contributed by atoms with E-state index in [4.69, 9.17) is 33.0 Å². The van der Waals surface area contributed by atoms with Crippen molar-refractivity contribution in [3.8, 4) is 11.5 Å². The summed E-state index contributed by atoms with van der Waals surface area (Å²) in [6.45, 7) is 3.74. The second-order valence-corrected chi connectivity index (χ2v) is 5.63. The van der Waals surface area contributed by atoms with Crippen LogP contribution in [0.25, 0.3) is 0 Å². The Morgan fingerprint density at radius 3 is 2.43 bits per heavy atom. The summed E-state index contributed by atoms with van der Waals surface area (Å²) in [5.41, 5.74) is 2.37. The van der Waals surface area contributed by atoms with Gasteiger partial charge in [0.25, 0.3) is 0 Å². The smallest absolute Gasteiger partial charge is 0.307 e. The first-order valence-electron chi connectivity index (χ1n) is 6.31. The van der Waals surface area contributed by atoms with Gasteiger partial charge in [0.05, 0.1) is 11.4 Å². The largest absolute Gasteiger partial charge is 0.481 e. The summed E-state index contributed by atoms with van der Waals surface area (Å²) in [6.07, 6.45) is -0.142. The van der Waals surface area contributed by atoms with E-state index in [1.807, 2.05) is 19.9 Å². The molecule has 0 bridgehead atoms. The third-order valence-electron chi connectivity index (χ3n) is 2.99. The molecule has 0 atom stereocenters. The highest BCUT2D eigenvalue weighted by molar-refractivity contribution is 6.32. The van der Waals surface area contributed by atoms with E-state index in [0.717, 1.165) is 11.1 Å². The van der Waals surface area contributed by atoms with Gasteiger partial charge in [0.2, 0.25) is 0 Å². The minimum atomic E-state index is -0.934. The highest BCUT2D eigenvalue weighted by atomic mass is 35.5. The third-order valence-corrected chi connectivity index (χ3v) is 3.69. The van der Waals surface area contributed by atoms with E-state index in [1.54, 1.807) is 24.3 Å². The van der Waals surface area contributed by atoms with Crippen LogP contribution in [0.5, 0.6) is 11.5 Å². The van der Waals surface area contributed by atoms with Crippen LogP contribution in [-0.4, -0.2) is 11.1 Å². The number of carboxylic acids is 1. The van der Waals surface area contributed by atoms with Crippen molar-refractivity contribution >= 4 is 29.2 Å². The topological polar surface area (TPSA) is 46.5 Å². The molecular weight excluding hydrogens is 311 g/mol. The van der Waals surface area contributed by atoms with Gasteiger partial charge in [-0.3, -0.25) is 4.79 Å². The Kier molecular flexibility index (Phi) is 4.76. The first-order chi connectivity index (χ1) is 9.86. The summed E-state index contributed by atoms with van der Waals surface area (Å²) >= 11 is 12.2. The van der Waals surface area contributed by atoms with Gasteiger partial charge in [-0.15, -0.1) is 0 Å². The molecule has 3 nitrogen and oxygen atoms in total. The Balaban J connectivity index is 2.42. The fourth-order valence-electron chi connectivity index (χ4n) is 1.93. The molecule has 21 heavy (non-hydrogen) atoms. The second-order valence-electron chi connectivity index (χ2n) is 4.82. The molecule has 0 fully saturated rings. The average Bonchev–Trinajstić information content (AvgIpc) is 2.38. The van der Waals surface area contributed by atoms with Crippen molar-refractivity contribution in [3.63, 3.8) is 0 Å². The van der Waals surface area contributed by atoms with Gasteiger partial charge in [0, 0.05) is 10.6 Å². The zero-order valence-corrected chi connectivity index (χ0v) is 13.1. The Morgan fingerprint density at radius 1 is 1.10 bits per heavy atom. The van der Waals surface area contributed by atoms with Gasteiger partial charge in [-0.05, 0) is 43.2 Å². The third kappa shape index (κ3) is 3.90. The van der Waals surface area contributed by atoms with Gasteiger partial charge >= 0.3 is 5.97 Å². The molecule has 1 N–H and O–H groups in total. The number of carboxylic acid groups (broad SMARTS) is 1. The van der Waals surface area contributed by atoms with E-state index in [1.165, 1.54) is 0 Å². The highest BCUT2D eigenvalue weighted by Crippen LogP contribution is 2.34. The average molecular weight is 325 g/mol. The van der Waals surface area contributed by atoms with Crippen molar-refractivity contribution in [3.05, 3.63) is 57.1 Å². The lowest BCUT2D eigenvalue weighted by atomic mass is 10.1. The Hall–Kier alpha value is -1.71. The van der Waals surface area contributed by atoms with Crippen molar-refractivity contribution in [2.75, 3.05) is 0 Å². The molecule has 0 saturated heterocycles. The van der Waals surface area contributed by atoms with E-state index < -0.39 is 5.97 Å². The summed E-state index contributed by atoms with van der Waals surface area (Å²) in [4.78, 5) is 11.0. The predicted molar refractivity (Wildman–Crippen MR) is 83.8 cm³/mol. The molecular formula is C16H14Cl2O3. The maximum atomic E-state index is 11.0. The molecule has 0 heterocycles. The lowest BCUT2D eigenvalue weighted by Gasteiger charge is -2.13. The highest BCUT2D eigenvalue weighted by Gasteiger charge is 2.13. The fraction of sp³-hybridized carbons (Fsp3) is 0.188. The zero-order chi connectivity index (χ0) is 15.6. The summed E-state index contributed by atoms with van der Waals surface area (Å²) in [6, 6.07) is 8.73. The number of hydrogen-bond donors (Lipinski definition) is 1. The molecule has 0 unspecified atom stereocenters. The Bertz CT molecular complexity index is 696. The lowest BCUT2D eigenvalue weighted by molar-refractivity contribution is -0.136. The van der Waals surface area contributed by atoms with E-state index in [2.05, 4.69) is 0 Å². The molecule has 0 aliphatic heterocycles. The van der Waals surface area contributed by atoms with Gasteiger partial charge in [0.1, 0.15) is 11.5 Å². The minimum Gasteiger partial charge on any atom is -0.481 e. The first-order valence-corrected chi connectivity index (χ1v) is 7.07. The van der Waals surface area contributed by atoms with Crippen molar-refractivity contribution < 1.29 is 14.6 Å². The normalized spacial score (nSPS) is 10.5. The molecule has 5 heteroatoms. The number of benzene rings is 2. The predicted octanol–water partition coefficient (Wildman–Crippen LogP) is 5.03. The summed E-state index contributed by atoms with van der Waals surface area (Å²) in [7, 11) is 0. The van der Waals surface area contributed by atoms with Crippen molar-refractivity contribution in [2.24, 2.45) is 0 Å². The summed E-state index contributed by atoms with van der Waals surface area (Å²) in [5, 5.41) is 9.98. The SMILES string of the molecule is Cc1ccc(Oc2cc(Cl)c(C)cc2CC(=O)O)c(Cl)c1. The molecule has 0 amide bonds. The van der Waals surface area contributed by atoms with Gasteiger partial charge < -0.3 is 9.84 Å². The number of hydrogen-bond acceptors (Lipinski definition) is 2. The fourth-order valence-corrected chi connectivity index (χ4v) is 2.35. The zero-order valence-electron chi connectivity index (χ0n) is 11.6. The van der Waals surface area contributed by atoms with Crippen LogP contribution < -0.4 is 4.74 Å². The van der Waals surface area contributed by atoms with Crippen LogP contribution in [0.1, 0.15) is 16.7 Å². The first kappa shape index (κ1) is 15.7. The molecule has 0 aromatic heterocycles. The molecule has 0 aliphatic carbocycles. The standard InChI is InChI=1S/C16H14Cl2O3/c1-9-3-4-14(13(18)5-9)21-15-8-12(17)10(2)6-11(15)7-16(19)20/h3-6,8H,7H2,1-2H3,(H,19,20). The van der Waals surface area contributed by atoms with E-state index in [-0.39, 0.29) is 6.42 Å². The summed E-state index contributed by atoms with van der Waals surface area (Å²) in [5.74, 6) is -0.0656. The molecule has 2 aromatic rings. The van der Waals surface area contributed by atoms with Crippen LogP contribution in [0.4, 0.5) is 0 Å². The Morgan fingerprint density at radius 2 is 1.81 bits per heavy atom. The molecule has 0 saturated carbocycles. The van der Waals surface area contributed by atoms with Crippen LogP contribution in [0.2, 0.25) is 10.0 Å². The van der Waals surface area contributed by atoms with E-state index in [0.29, 0.717) is 27.1 Å². The molecule has 0 aliphatic rings. The molecule has 2 rings (SSSR count). The van der Waals surface area contributed by atoms with Crippen LogP contribution in [0, 0.1) is 13.8 Å². The number of ether oxygens (including phenoxy) is 1. The monoisotopic (exact) mass is 324 g/mol. The number of aryl methyl sites for hydroxylation is 2. The van der Waals surface area contributed by atoms with E-state index >= 15 is 0 Å². The van der Waals surface area contributed by atoms with Crippen molar-refractivity contribution in [1.29, 1.82) is 0 Å². The number of carbonyl (C=O) groups is 1. The number of aliphatic carboxylic acids is 1. The quantitative estimate of drug-likeness (QED) is 0.857. The summed E-state index contributed by atoms with van der Waals surface area (Å²) < 4.78 is 5.75. The lowest BCUT2D eigenvalue weighted by Crippen LogP contribution is -2.03. The number of halogens is 2. The molecule has 2 aromatic carbocycles. The van der Waals surface area contributed by atoms with Crippen LogP contribution in [0.3, 0.4) is 0 Å². The molecule has 110 valence electrons. The Labute approximate surface area is 133 Å². The van der Waals surface area contributed by atoms with Gasteiger partial charge in [-0.1, -0.05) is 35.3 Å². The van der Waals surface area contributed by atoms with Gasteiger partial charge in [0.15, 0.2) is 0 Å².